The molecule has 0 fully saturated rings. The van der Waals surface area contributed by atoms with Crippen molar-refractivity contribution in [2.24, 2.45) is 0 Å². The molecule has 0 spiro atoms. The van der Waals surface area contributed by atoms with Gasteiger partial charge in [0.15, 0.2) is 0 Å². The van der Waals surface area contributed by atoms with Crippen molar-refractivity contribution in [2.75, 3.05) is 22.5 Å². The van der Waals surface area contributed by atoms with Crippen molar-refractivity contribution in [1.29, 1.82) is 0 Å². The molecule has 1 heterocycles. The Morgan fingerprint density at radius 2 is 1.53 bits per heavy atom. The van der Waals surface area contributed by atoms with E-state index in [0.29, 0.717) is 55.9 Å². The number of fused-ring (bicyclic) bond motifs is 1. The first-order valence-corrected chi connectivity index (χ1v) is 15.2. The fraction of sp³-hybridized carbons (Fsp3) is 0.0571. The van der Waals surface area contributed by atoms with Crippen molar-refractivity contribution in [3.05, 3.63) is 157 Å². The lowest BCUT2D eigenvalue weighted by Gasteiger charge is -2.17. The molecule has 10 nitrogen and oxygen atoms in total. The van der Waals surface area contributed by atoms with Crippen molar-refractivity contribution in [2.45, 2.75) is 6.42 Å². The van der Waals surface area contributed by atoms with Gasteiger partial charge in [-0.15, -0.1) is 0 Å². The van der Waals surface area contributed by atoms with Crippen LogP contribution in [0, 0.1) is 10.1 Å². The van der Waals surface area contributed by atoms with Gasteiger partial charge >= 0.3 is 0 Å². The van der Waals surface area contributed by atoms with E-state index in [1.165, 1.54) is 18.2 Å². The molecule has 3 N–H and O–H groups in total. The van der Waals surface area contributed by atoms with Crippen molar-refractivity contribution < 1.29 is 9.72 Å². The van der Waals surface area contributed by atoms with Gasteiger partial charge < -0.3 is 16.0 Å². The molecule has 12 heteroatoms. The lowest BCUT2D eigenvalue weighted by atomic mass is 10.1. The number of carbonyl (C=O) groups is 1. The lowest BCUT2D eigenvalue weighted by Crippen LogP contribution is -2.24. The number of rotatable bonds is 10. The van der Waals surface area contributed by atoms with E-state index in [1.54, 1.807) is 65.2 Å². The Labute approximate surface area is 278 Å². The number of benzene rings is 5. The minimum atomic E-state index is -0.524. The van der Waals surface area contributed by atoms with Crippen LogP contribution in [0.3, 0.4) is 0 Å². The van der Waals surface area contributed by atoms with Crippen molar-refractivity contribution in [3.63, 3.8) is 0 Å². The third kappa shape index (κ3) is 7.09. The average molecular weight is 666 g/mol. The number of nitro benzene ring substituents is 1. The quantitative estimate of drug-likeness (QED) is 0.0999. The molecule has 0 aliphatic carbocycles. The third-order valence-corrected chi connectivity index (χ3v) is 7.98. The van der Waals surface area contributed by atoms with Crippen LogP contribution < -0.4 is 21.5 Å². The number of nitrogens with zero attached hydrogens (tertiary/aromatic N) is 3. The molecule has 1 aromatic heterocycles. The number of nitro groups is 1. The molecule has 0 bridgehead atoms. The van der Waals surface area contributed by atoms with E-state index in [-0.39, 0.29) is 23.7 Å². The molecule has 1 amide bonds. The summed E-state index contributed by atoms with van der Waals surface area (Å²) in [4.78, 5) is 41.8. The summed E-state index contributed by atoms with van der Waals surface area (Å²) in [5.41, 5.74) is 4.00. The van der Waals surface area contributed by atoms with Gasteiger partial charge in [-0.25, -0.2) is 4.98 Å². The van der Waals surface area contributed by atoms with Crippen LogP contribution in [0.5, 0.6) is 0 Å². The number of aromatic nitrogens is 2. The first-order chi connectivity index (χ1) is 22.8. The number of halogens is 2. The topological polar surface area (TPSA) is 131 Å². The number of anilines is 4. The summed E-state index contributed by atoms with van der Waals surface area (Å²) in [6.45, 7) is -0.0794. The normalized spacial score (nSPS) is 10.9. The monoisotopic (exact) mass is 664 g/mol. The van der Waals surface area contributed by atoms with Crippen molar-refractivity contribution in [3.8, 4) is 5.69 Å². The van der Waals surface area contributed by atoms with Gasteiger partial charge in [0.1, 0.15) is 5.82 Å². The molecule has 0 aliphatic rings. The minimum Gasteiger partial charge on any atom is -0.376 e. The van der Waals surface area contributed by atoms with E-state index in [0.717, 1.165) is 11.3 Å². The first kappa shape index (κ1) is 31.3. The zero-order chi connectivity index (χ0) is 32.9. The van der Waals surface area contributed by atoms with Crippen LogP contribution in [0.4, 0.5) is 28.4 Å². The minimum absolute atomic E-state index is 0.0794. The van der Waals surface area contributed by atoms with Crippen LogP contribution in [0.1, 0.15) is 11.4 Å². The molecule has 6 rings (SSSR count). The predicted octanol–water partition coefficient (Wildman–Crippen LogP) is 7.99. The maximum atomic E-state index is 13.9. The molecule has 5 aromatic carbocycles. The summed E-state index contributed by atoms with van der Waals surface area (Å²) >= 11 is 12.9. The highest BCUT2D eigenvalue weighted by molar-refractivity contribution is 6.39. The molecular weight excluding hydrogens is 639 g/mol. The summed E-state index contributed by atoms with van der Waals surface area (Å²) in [5.74, 6) is 0.141. The van der Waals surface area contributed by atoms with Gasteiger partial charge in [-0.1, -0.05) is 65.7 Å². The Morgan fingerprint density at radius 3 is 2.30 bits per heavy atom. The van der Waals surface area contributed by atoms with Crippen LogP contribution in [0.25, 0.3) is 16.6 Å². The van der Waals surface area contributed by atoms with Crippen LogP contribution >= 0.6 is 23.2 Å². The summed E-state index contributed by atoms with van der Waals surface area (Å²) in [6.07, 6.45) is 0.309. The predicted molar refractivity (Wildman–Crippen MR) is 187 cm³/mol. The number of non-ortho nitro benzene ring substituents is 1. The summed E-state index contributed by atoms with van der Waals surface area (Å²) in [7, 11) is 0. The van der Waals surface area contributed by atoms with Crippen molar-refractivity contribution in [1.82, 2.24) is 9.55 Å². The Bertz CT molecular complexity index is 2170. The Hall–Kier alpha value is -5.71. The number of hydrogen-bond acceptors (Lipinski definition) is 7. The maximum absolute atomic E-state index is 13.9. The maximum Gasteiger partial charge on any atom is 0.271 e. The van der Waals surface area contributed by atoms with Gasteiger partial charge in [-0.3, -0.25) is 24.3 Å². The second-order valence-corrected chi connectivity index (χ2v) is 11.3. The largest absolute Gasteiger partial charge is 0.376 e. The van der Waals surface area contributed by atoms with Crippen LogP contribution in [0.15, 0.2) is 120 Å². The van der Waals surface area contributed by atoms with E-state index < -0.39 is 4.92 Å². The zero-order valence-corrected chi connectivity index (χ0v) is 26.1. The average Bonchev–Trinajstić information content (AvgIpc) is 3.07. The molecular formula is C35H26Cl2N6O4. The molecule has 0 unspecified atom stereocenters. The molecule has 0 aliphatic heterocycles. The number of carbonyl (C=O) groups excluding carboxylic acids is 1. The van der Waals surface area contributed by atoms with E-state index in [4.69, 9.17) is 28.2 Å². The summed E-state index contributed by atoms with van der Waals surface area (Å²) in [5, 5.41) is 21.5. The highest BCUT2D eigenvalue weighted by atomic mass is 35.5. The number of para-hydroxylation sites is 3. The van der Waals surface area contributed by atoms with Gasteiger partial charge in [0, 0.05) is 35.6 Å². The van der Waals surface area contributed by atoms with E-state index in [2.05, 4.69) is 16.0 Å². The second-order valence-electron chi connectivity index (χ2n) is 10.5. The molecule has 6 aromatic rings. The third-order valence-electron chi connectivity index (χ3n) is 7.35. The second kappa shape index (κ2) is 13.7. The lowest BCUT2D eigenvalue weighted by molar-refractivity contribution is -0.384. The van der Waals surface area contributed by atoms with Gasteiger partial charge in [-0.05, 0) is 66.2 Å². The molecule has 0 radical (unpaired) electrons. The fourth-order valence-electron chi connectivity index (χ4n) is 5.10. The van der Waals surface area contributed by atoms with E-state index in [1.807, 2.05) is 36.4 Å². The number of hydrogen-bond donors (Lipinski definition) is 3. The summed E-state index contributed by atoms with van der Waals surface area (Å²) < 4.78 is 1.58. The molecule has 234 valence electrons. The van der Waals surface area contributed by atoms with Gasteiger partial charge in [0.2, 0.25) is 5.91 Å². The van der Waals surface area contributed by atoms with E-state index >= 15 is 0 Å². The van der Waals surface area contributed by atoms with Crippen LogP contribution in [-0.2, 0) is 11.2 Å². The number of amides is 1. The van der Waals surface area contributed by atoms with Crippen LogP contribution in [0.2, 0.25) is 10.0 Å². The number of nitrogens with one attached hydrogen (secondary N) is 3. The molecule has 47 heavy (non-hydrogen) atoms. The highest BCUT2D eigenvalue weighted by Gasteiger charge is 2.16. The van der Waals surface area contributed by atoms with Crippen LogP contribution in [-0.4, -0.2) is 26.9 Å². The Balaban J connectivity index is 1.27. The smallest absolute Gasteiger partial charge is 0.271 e. The van der Waals surface area contributed by atoms with Gasteiger partial charge in [-0.2, -0.15) is 0 Å². The fourth-order valence-corrected chi connectivity index (χ4v) is 5.59. The van der Waals surface area contributed by atoms with Gasteiger partial charge in [0.05, 0.1) is 43.8 Å². The standard InChI is InChI=1S/C35H26Cl2N6O4/c36-28-11-6-12-29(37)34(28)41-30-13-3-1-7-22(30)19-32-40-31-14-4-2-10-27(31)35(45)42(32)25-17-15-23(16-18-25)38-21-33(44)39-24-8-5-9-26(20-24)43(46)47/h1-18,20,38,41H,19,21H2,(H,39,44). The summed E-state index contributed by atoms with van der Waals surface area (Å²) in [6, 6.07) is 32.9. The molecule has 0 saturated heterocycles. The highest BCUT2D eigenvalue weighted by Crippen LogP contribution is 2.34. The molecule has 0 saturated carbocycles. The van der Waals surface area contributed by atoms with Gasteiger partial charge in [0.25, 0.3) is 11.2 Å². The Kier molecular flexibility index (Phi) is 9.14. The Morgan fingerprint density at radius 1 is 0.830 bits per heavy atom. The van der Waals surface area contributed by atoms with Crippen molar-refractivity contribution >= 4 is 68.4 Å². The molecule has 0 atom stereocenters. The zero-order valence-electron chi connectivity index (χ0n) is 24.6. The SMILES string of the molecule is O=C(CNc1ccc(-n2c(Cc3ccccc3Nc3c(Cl)cccc3Cl)nc3ccccc3c2=O)cc1)Nc1cccc([N+](=O)[O-])c1. The van der Waals surface area contributed by atoms with E-state index in [9.17, 15) is 19.7 Å². The first-order valence-electron chi connectivity index (χ1n) is 14.4.